The van der Waals surface area contributed by atoms with Crippen molar-refractivity contribution >= 4 is 22.7 Å². The number of hydrogen-bond acceptors (Lipinski definition) is 5. The van der Waals surface area contributed by atoms with Crippen LogP contribution in [-0.2, 0) is 0 Å². The molecule has 0 amide bonds. The Morgan fingerprint density at radius 2 is 1.65 bits per heavy atom. The Morgan fingerprint density at radius 3 is 2.27 bits per heavy atom. The van der Waals surface area contributed by atoms with Crippen LogP contribution in [0.2, 0.25) is 0 Å². The van der Waals surface area contributed by atoms with Crippen LogP contribution in [0.15, 0.2) is 47.2 Å². The highest BCUT2D eigenvalue weighted by Crippen LogP contribution is 2.41. The summed E-state index contributed by atoms with van der Waals surface area (Å²) in [5, 5.41) is 4.15. The lowest BCUT2D eigenvalue weighted by molar-refractivity contribution is 0.389. The number of rotatable bonds is 5. The Labute approximate surface area is 160 Å². The summed E-state index contributed by atoms with van der Waals surface area (Å²) in [6.45, 7) is 1.99. The Morgan fingerprint density at radius 1 is 0.923 bits per heavy atom. The van der Waals surface area contributed by atoms with E-state index in [1.54, 1.807) is 36.9 Å². The fourth-order valence-electron chi connectivity index (χ4n) is 3.04. The van der Waals surface area contributed by atoms with Crippen molar-refractivity contribution in [2.45, 2.75) is 6.92 Å². The molecular formula is C20H18N2O2S2. The SMILES string of the molecule is COc1ccc(-c2nc(-c3cccs3)c(-c3cccs3)[nH]2)c(OC)c1C. The van der Waals surface area contributed by atoms with Gasteiger partial charge in [-0.3, -0.25) is 0 Å². The molecule has 1 aromatic carbocycles. The summed E-state index contributed by atoms with van der Waals surface area (Å²) in [5.74, 6) is 2.36. The molecule has 0 fully saturated rings. The van der Waals surface area contributed by atoms with Gasteiger partial charge in [0.1, 0.15) is 23.0 Å². The summed E-state index contributed by atoms with van der Waals surface area (Å²) in [5.41, 5.74) is 3.88. The molecule has 132 valence electrons. The molecular weight excluding hydrogens is 364 g/mol. The molecule has 0 saturated carbocycles. The summed E-state index contributed by atoms with van der Waals surface area (Å²) < 4.78 is 11.1. The molecule has 26 heavy (non-hydrogen) atoms. The van der Waals surface area contributed by atoms with Crippen LogP contribution in [-0.4, -0.2) is 24.2 Å². The fourth-order valence-corrected chi connectivity index (χ4v) is 4.48. The molecule has 0 spiro atoms. The highest BCUT2D eigenvalue weighted by atomic mass is 32.1. The standard InChI is InChI=1S/C20H18N2O2S2/c1-12-14(23-2)9-8-13(19(12)24-3)20-21-17(15-6-4-10-25-15)18(22-20)16-7-5-11-26-16/h4-11H,1-3H3,(H,21,22). The summed E-state index contributed by atoms with van der Waals surface area (Å²) in [6.07, 6.45) is 0. The average Bonchev–Trinajstić information content (AvgIpc) is 3.41. The molecule has 0 bridgehead atoms. The predicted molar refractivity (Wildman–Crippen MR) is 108 cm³/mol. The van der Waals surface area contributed by atoms with Crippen molar-refractivity contribution in [1.82, 2.24) is 9.97 Å². The predicted octanol–water partition coefficient (Wildman–Crippen LogP) is 5.86. The number of imidazole rings is 1. The molecule has 3 aromatic heterocycles. The summed E-state index contributed by atoms with van der Waals surface area (Å²) in [4.78, 5) is 10.7. The first-order valence-electron chi connectivity index (χ1n) is 8.12. The summed E-state index contributed by atoms with van der Waals surface area (Å²) >= 11 is 3.38. The van der Waals surface area contributed by atoms with Crippen molar-refractivity contribution in [3.63, 3.8) is 0 Å². The van der Waals surface area contributed by atoms with E-state index in [4.69, 9.17) is 14.5 Å². The van der Waals surface area contributed by atoms with Crippen LogP contribution in [0, 0.1) is 6.92 Å². The van der Waals surface area contributed by atoms with Crippen molar-refractivity contribution in [2.24, 2.45) is 0 Å². The molecule has 6 heteroatoms. The van der Waals surface area contributed by atoms with Gasteiger partial charge >= 0.3 is 0 Å². The van der Waals surface area contributed by atoms with Crippen LogP contribution in [0.1, 0.15) is 5.56 Å². The second-order valence-electron chi connectivity index (χ2n) is 5.74. The molecule has 3 heterocycles. The molecule has 0 unspecified atom stereocenters. The van der Waals surface area contributed by atoms with Gasteiger partial charge in [0.15, 0.2) is 0 Å². The van der Waals surface area contributed by atoms with E-state index in [1.807, 2.05) is 25.1 Å². The molecule has 0 aliphatic carbocycles. The van der Waals surface area contributed by atoms with Gasteiger partial charge in [0.25, 0.3) is 0 Å². The van der Waals surface area contributed by atoms with Gasteiger partial charge in [-0.25, -0.2) is 4.98 Å². The number of hydrogen-bond donors (Lipinski definition) is 1. The molecule has 4 nitrogen and oxygen atoms in total. The highest BCUT2D eigenvalue weighted by molar-refractivity contribution is 7.14. The number of nitrogens with one attached hydrogen (secondary N) is 1. The minimum absolute atomic E-state index is 0.772. The van der Waals surface area contributed by atoms with E-state index < -0.39 is 0 Å². The minimum Gasteiger partial charge on any atom is -0.496 e. The number of methoxy groups -OCH3 is 2. The van der Waals surface area contributed by atoms with Crippen molar-refractivity contribution in [3.8, 4) is 44.0 Å². The third-order valence-electron chi connectivity index (χ3n) is 4.26. The monoisotopic (exact) mass is 382 g/mol. The largest absolute Gasteiger partial charge is 0.496 e. The van der Waals surface area contributed by atoms with Crippen LogP contribution < -0.4 is 9.47 Å². The second kappa shape index (κ2) is 6.97. The van der Waals surface area contributed by atoms with E-state index in [0.29, 0.717) is 0 Å². The second-order valence-corrected chi connectivity index (χ2v) is 7.63. The number of aromatic nitrogens is 2. The van der Waals surface area contributed by atoms with Gasteiger partial charge in [0.2, 0.25) is 0 Å². The van der Waals surface area contributed by atoms with Gasteiger partial charge in [-0.05, 0) is 41.9 Å². The summed E-state index contributed by atoms with van der Waals surface area (Å²) in [6, 6.07) is 12.2. The molecule has 0 saturated heterocycles. The number of aromatic amines is 1. The van der Waals surface area contributed by atoms with E-state index in [1.165, 1.54) is 0 Å². The Balaban J connectivity index is 1.92. The number of ether oxygens (including phenoxy) is 2. The number of thiophene rings is 2. The van der Waals surface area contributed by atoms with Gasteiger partial charge in [0.05, 0.1) is 35.2 Å². The normalized spacial score (nSPS) is 10.9. The lowest BCUT2D eigenvalue weighted by Crippen LogP contribution is -1.96. The zero-order valence-electron chi connectivity index (χ0n) is 14.7. The van der Waals surface area contributed by atoms with Crippen molar-refractivity contribution in [1.29, 1.82) is 0 Å². The first kappa shape index (κ1) is 16.9. The molecule has 0 aliphatic rings. The van der Waals surface area contributed by atoms with Crippen molar-refractivity contribution < 1.29 is 9.47 Å². The molecule has 1 N–H and O–H groups in total. The zero-order valence-corrected chi connectivity index (χ0v) is 16.3. The maximum atomic E-state index is 5.67. The third kappa shape index (κ3) is 2.81. The van der Waals surface area contributed by atoms with E-state index in [0.717, 1.165) is 49.6 Å². The smallest absolute Gasteiger partial charge is 0.142 e. The maximum Gasteiger partial charge on any atom is 0.142 e. The van der Waals surface area contributed by atoms with Crippen LogP contribution in [0.3, 0.4) is 0 Å². The maximum absolute atomic E-state index is 5.67. The molecule has 4 aromatic rings. The van der Waals surface area contributed by atoms with Crippen molar-refractivity contribution in [3.05, 3.63) is 52.7 Å². The lowest BCUT2D eigenvalue weighted by atomic mass is 10.1. The van der Waals surface area contributed by atoms with Gasteiger partial charge in [-0.15, -0.1) is 22.7 Å². The topological polar surface area (TPSA) is 47.1 Å². The molecule has 0 atom stereocenters. The number of H-pyrrole nitrogens is 1. The van der Waals surface area contributed by atoms with Gasteiger partial charge in [-0.1, -0.05) is 12.1 Å². The van der Waals surface area contributed by atoms with E-state index in [9.17, 15) is 0 Å². The lowest BCUT2D eigenvalue weighted by Gasteiger charge is -2.13. The quantitative estimate of drug-likeness (QED) is 0.470. The van der Waals surface area contributed by atoms with Crippen LogP contribution in [0.25, 0.3) is 32.5 Å². The zero-order chi connectivity index (χ0) is 18.1. The van der Waals surface area contributed by atoms with Crippen LogP contribution >= 0.6 is 22.7 Å². The van der Waals surface area contributed by atoms with Gasteiger partial charge < -0.3 is 14.5 Å². The highest BCUT2D eigenvalue weighted by Gasteiger charge is 2.20. The average molecular weight is 383 g/mol. The molecule has 4 rings (SSSR count). The summed E-state index contributed by atoms with van der Waals surface area (Å²) in [7, 11) is 3.34. The Hall–Kier alpha value is -2.57. The van der Waals surface area contributed by atoms with E-state index >= 15 is 0 Å². The minimum atomic E-state index is 0.772. The fraction of sp³-hybridized carbons (Fsp3) is 0.150. The van der Waals surface area contributed by atoms with Crippen LogP contribution in [0.4, 0.5) is 0 Å². The third-order valence-corrected chi connectivity index (χ3v) is 6.03. The van der Waals surface area contributed by atoms with E-state index in [-0.39, 0.29) is 0 Å². The Kier molecular flexibility index (Phi) is 4.53. The first-order chi connectivity index (χ1) is 12.7. The number of nitrogens with zero attached hydrogens (tertiary/aromatic N) is 1. The molecule has 0 aliphatic heterocycles. The van der Waals surface area contributed by atoms with Gasteiger partial charge in [0, 0.05) is 5.56 Å². The van der Waals surface area contributed by atoms with Crippen LogP contribution in [0.5, 0.6) is 11.5 Å². The van der Waals surface area contributed by atoms with Gasteiger partial charge in [-0.2, -0.15) is 0 Å². The van der Waals surface area contributed by atoms with Crippen molar-refractivity contribution in [2.75, 3.05) is 14.2 Å². The Bertz CT molecular complexity index is 967. The van der Waals surface area contributed by atoms with E-state index in [2.05, 4.69) is 33.9 Å². The number of benzene rings is 1. The first-order valence-corrected chi connectivity index (χ1v) is 9.88. The molecule has 0 radical (unpaired) electrons.